The molecule has 2 aromatic carbocycles. The van der Waals surface area contributed by atoms with Gasteiger partial charge < -0.3 is 14.6 Å². The van der Waals surface area contributed by atoms with Crippen molar-refractivity contribution in [2.75, 3.05) is 6.54 Å². The molecule has 0 saturated carbocycles. The summed E-state index contributed by atoms with van der Waals surface area (Å²) in [6.45, 7) is 6.63. The molecular weight excluding hydrogens is 406 g/mol. The van der Waals surface area contributed by atoms with Gasteiger partial charge in [0.15, 0.2) is 6.04 Å². The molecule has 1 heterocycles. The number of hydrogen-bond donors (Lipinski definition) is 0. The minimum Gasteiger partial charge on any atom is -0.544 e. The largest absolute Gasteiger partial charge is 0.544 e. The van der Waals surface area contributed by atoms with E-state index in [1.807, 2.05) is 60.7 Å². The Morgan fingerprint density at radius 2 is 1.56 bits per heavy atom. The van der Waals surface area contributed by atoms with Gasteiger partial charge >= 0.3 is 12.0 Å². The number of aliphatic carboxylic acids is 1. The quantitative estimate of drug-likeness (QED) is 0.530. The molecule has 1 aliphatic heterocycles. The number of nitrogens with zero attached hydrogens (tertiary/aromatic N) is 1. The van der Waals surface area contributed by atoms with E-state index >= 15 is 0 Å². The number of quaternary nitrogens is 1. The Balaban J connectivity index is 2.11. The highest BCUT2D eigenvalue weighted by Gasteiger charge is 2.59. The minimum atomic E-state index is -1.44. The van der Waals surface area contributed by atoms with E-state index in [0.717, 1.165) is 11.1 Å². The van der Waals surface area contributed by atoms with Gasteiger partial charge in [-0.1, -0.05) is 66.7 Å². The number of allylic oxidation sites excluding steroid dienone is 1. The van der Waals surface area contributed by atoms with Crippen LogP contribution in [-0.4, -0.2) is 40.6 Å². The van der Waals surface area contributed by atoms with Crippen LogP contribution >= 0.6 is 0 Å². The summed E-state index contributed by atoms with van der Waals surface area (Å²) < 4.78 is 4.55. The van der Waals surface area contributed by atoms with Crippen molar-refractivity contribution in [2.45, 2.75) is 51.7 Å². The van der Waals surface area contributed by atoms with Crippen LogP contribution in [-0.2, 0) is 14.3 Å². The fourth-order valence-corrected chi connectivity index (χ4v) is 4.21. The van der Waals surface area contributed by atoms with Gasteiger partial charge in [-0.25, -0.2) is 4.79 Å². The van der Waals surface area contributed by atoms with E-state index in [9.17, 15) is 19.5 Å². The predicted octanol–water partition coefficient (Wildman–Crippen LogP) is 3.57. The molecule has 2 amide bonds. The molecule has 168 valence electrons. The van der Waals surface area contributed by atoms with Gasteiger partial charge in [-0.2, -0.15) is 4.79 Å². The second-order valence-electron chi connectivity index (χ2n) is 9.00. The van der Waals surface area contributed by atoms with Crippen LogP contribution in [0, 0.1) is 0 Å². The van der Waals surface area contributed by atoms with Crippen molar-refractivity contribution >= 4 is 18.0 Å². The molecule has 0 N–H and O–H groups in total. The van der Waals surface area contributed by atoms with Crippen molar-refractivity contribution in [3.63, 3.8) is 0 Å². The molecule has 1 saturated heterocycles. The van der Waals surface area contributed by atoms with E-state index < -0.39 is 34.1 Å². The number of carbonyl (C=O) groups is 3. The lowest BCUT2D eigenvalue weighted by Crippen LogP contribution is -2.64. The van der Waals surface area contributed by atoms with Gasteiger partial charge in [-0.3, -0.25) is 0 Å². The van der Waals surface area contributed by atoms with Crippen LogP contribution in [0.4, 0.5) is 4.79 Å². The Kier molecular flexibility index (Phi) is 6.65. The van der Waals surface area contributed by atoms with Crippen molar-refractivity contribution in [1.82, 2.24) is 0 Å². The lowest BCUT2D eigenvalue weighted by Gasteiger charge is -2.34. The van der Waals surface area contributed by atoms with E-state index in [1.165, 1.54) is 0 Å². The van der Waals surface area contributed by atoms with Crippen LogP contribution in [0.2, 0.25) is 0 Å². The molecule has 0 aliphatic carbocycles. The van der Waals surface area contributed by atoms with E-state index in [2.05, 4.69) is 0 Å². The average Bonchev–Trinajstić information content (AvgIpc) is 3.04. The number of carboxylic acid groups (broad SMARTS) is 1. The first-order chi connectivity index (χ1) is 15.1. The zero-order valence-electron chi connectivity index (χ0n) is 18.9. The molecule has 2 aromatic rings. The molecule has 1 aliphatic rings. The molecule has 2 atom stereocenters. The first kappa shape index (κ1) is 23.4. The molecule has 1 fully saturated rings. The number of hydrogen-bond acceptors (Lipinski definition) is 5. The van der Waals surface area contributed by atoms with E-state index in [0.29, 0.717) is 5.57 Å². The lowest BCUT2D eigenvalue weighted by atomic mass is 9.89. The number of benzene rings is 2. The summed E-state index contributed by atoms with van der Waals surface area (Å²) in [6.07, 6.45) is 0.825. The first-order valence-corrected chi connectivity index (χ1v) is 10.8. The second-order valence-corrected chi connectivity index (χ2v) is 9.00. The molecule has 6 nitrogen and oxygen atoms in total. The van der Waals surface area contributed by atoms with E-state index in [-0.39, 0.29) is 18.9 Å². The van der Waals surface area contributed by atoms with Crippen LogP contribution in [0.15, 0.2) is 72.3 Å². The normalized spacial score (nSPS) is 22.3. The molecule has 0 aromatic heterocycles. The topological polar surface area (TPSA) is 83.5 Å². The third-order valence-corrected chi connectivity index (χ3v) is 5.76. The number of amides is 2. The smallest absolute Gasteiger partial charge is 0.524 e. The summed E-state index contributed by atoms with van der Waals surface area (Å²) in [5, 5.41) is 12.0. The van der Waals surface area contributed by atoms with Gasteiger partial charge in [0, 0.05) is 12.3 Å². The maximum absolute atomic E-state index is 13.6. The molecular formula is C26H29NO5. The molecule has 32 heavy (non-hydrogen) atoms. The second kappa shape index (κ2) is 9.09. The Labute approximate surface area is 188 Å². The van der Waals surface area contributed by atoms with Gasteiger partial charge in [-0.15, -0.1) is 4.48 Å². The van der Waals surface area contributed by atoms with Crippen LogP contribution in [0.5, 0.6) is 0 Å². The van der Waals surface area contributed by atoms with Crippen molar-refractivity contribution in [3.05, 3.63) is 83.4 Å². The zero-order valence-corrected chi connectivity index (χ0v) is 18.9. The third kappa shape index (κ3) is 4.50. The number of rotatable bonds is 5. The monoisotopic (exact) mass is 435 g/mol. The molecule has 6 heteroatoms. The van der Waals surface area contributed by atoms with Crippen LogP contribution in [0.3, 0.4) is 0 Å². The van der Waals surface area contributed by atoms with Crippen molar-refractivity contribution in [1.29, 1.82) is 0 Å². The van der Waals surface area contributed by atoms with E-state index in [1.54, 1.807) is 33.8 Å². The SMILES string of the molecule is CC[N+]1(C(=O)OC(C)(C)C)C(=O)/C(=C/C(c2ccccc2)c2ccccc2)C[C@H]1C(=O)[O-]. The summed E-state index contributed by atoms with van der Waals surface area (Å²) in [7, 11) is 0. The molecule has 0 spiro atoms. The van der Waals surface area contributed by atoms with Crippen LogP contribution in [0.25, 0.3) is 0 Å². The van der Waals surface area contributed by atoms with Gasteiger partial charge in [0.2, 0.25) is 0 Å². The van der Waals surface area contributed by atoms with Crippen molar-refractivity contribution in [3.8, 4) is 0 Å². The lowest BCUT2D eigenvalue weighted by molar-refractivity contribution is -0.792. The number of ether oxygens (including phenoxy) is 1. The summed E-state index contributed by atoms with van der Waals surface area (Å²) in [5.74, 6) is -2.26. The van der Waals surface area contributed by atoms with Gasteiger partial charge in [0.05, 0.1) is 12.1 Å². The van der Waals surface area contributed by atoms with Gasteiger partial charge in [-0.05, 0) is 38.8 Å². The Bertz CT molecular complexity index is 984. The highest BCUT2D eigenvalue weighted by molar-refractivity contribution is 5.99. The Hall–Kier alpha value is -3.25. The number of carboxylic acids is 1. The van der Waals surface area contributed by atoms with Gasteiger partial charge in [0.25, 0.3) is 0 Å². The Morgan fingerprint density at radius 1 is 1.06 bits per heavy atom. The fourth-order valence-electron chi connectivity index (χ4n) is 4.21. The molecule has 1 unspecified atom stereocenters. The van der Waals surface area contributed by atoms with Gasteiger partial charge in [0.1, 0.15) is 11.6 Å². The third-order valence-electron chi connectivity index (χ3n) is 5.76. The molecule has 0 bridgehead atoms. The maximum atomic E-state index is 13.6. The minimum absolute atomic E-state index is 0.0366. The summed E-state index contributed by atoms with van der Waals surface area (Å²) in [5.41, 5.74) is 1.35. The van der Waals surface area contributed by atoms with Crippen molar-refractivity contribution in [2.24, 2.45) is 0 Å². The highest BCUT2D eigenvalue weighted by atomic mass is 16.6. The summed E-state index contributed by atoms with van der Waals surface area (Å²) in [4.78, 5) is 38.8. The standard InChI is InChI=1S/C26H29NO5/c1-5-27(25(31)32-26(2,3)4)22(24(29)30)17-20(23(27)28)16-21(18-12-8-6-9-13-18)19-14-10-7-11-15-19/h6-16,21-22H,5,17H2,1-4H3/b20-16+/t22-,27?/m0/s1. The zero-order chi connectivity index (χ0) is 23.5. The highest BCUT2D eigenvalue weighted by Crippen LogP contribution is 2.37. The average molecular weight is 436 g/mol. The molecule has 3 rings (SSSR count). The number of imide groups is 1. The fraction of sp³-hybridized carbons (Fsp3) is 0.346. The predicted molar refractivity (Wildman–Crippen MR) is 118 cm³/mol. The van der Waals surface area contributed by atoms with Crippen molar-refractivity contribution < 1.29 is 28.7 Å². The van der Waals surface area contributed by atoms with Crippen LogP contribution in [0.1, 0.15) is 51.2 Å². The number of likely N-dealkylation sites (N-methyl/N-ethyl adjacent to an activating group) is 1. The summed E-state index contributed by atoms with van der Waals surface area (Å²) >= 11 is 0. The first-order valence-electron chi connectivity index (χ1n) is 10.8. The van der Waals surface area contributed by atoms with Crippen LogP contribution < -0.4 is 5.11 Å². The number of likely N-dealkylation sites (tertiary alicyclic amines) is 1. The maximum Gasteiger partial charge on any atom is 0.524 e. The van der Waals surface area contributed by atoms with E-state index in [4.69, 9.17) is 4.74 Å². The summed E-state index contributed by atoms with van der Waals surface area (Å²) in [6, 6.07) is 18.0. The number of carbonyl (C=O) groups excluding carboxylic acids is 3. The molecule has 0 radical (unpaired) electrons. The Morgan fingerprint density at radius 3 is 1.97 bits per heavy atom.